The molecule has 1 amide bonds. The van der Waals surface area contributed by atoms with E-state index < -0.39 is 6.10 Å². The molecular formula is C17H23FN2O3. The Kier molecular flexibility index (Phi) is 5.25. The second-order valence-corrected chi connectivity index (χ2v) is 6.22. The third kappa shape index (κ3) is 3.88. The van der Waals surface area contributed by atoms with E-state index in [1.54, 1.807) is 12.1 Å². The monoisotopic (exact) mass is 322 g/mol. The maximum absolute atomic E-state index is 13.0. The van der Waals surface area contributed by atoms with Crippen LogP contribution in [0.2, 0.25) is 0 Å². The molecule has 5 nitrogen and oxygen atoms in total. The van der Waals surface area contributed by atoms with E-state index in [9.17, 15) is 14.3 Å². The molecule has 3 rings (SSSR count). The van der Waals surface area contributed by atoms with Crippen molar-refractivity contribution < 1.29 is 19.0 Å². The molecular weight excluding hydrogens is 299 g/mol. The smallest absolute Gasteiger partial charge is 0.253 e. The van der Waals surface area contributed by atoms with Gasteiger partial charge >= 0.3 is 0 Å². The molecule has 2 aliphatic rings. The Morgan fingerprint density at radius 1 is 1.30 bits per heavy atom. The number of likely N-dealkylation sites (tertiary alicyclic amines) is 1. The van der Waals surface area contributed by atoms with Crippen molar-refractivity contribution in [3.8, 4) is 0 Å². The molecule has 0 spiro atoms. The highest BCUT2D eigenvalue weighted by atomic mass is 19.1. The summed E-state index contributed by atoms with van der Waals surface area (Å²) in [7, 11) is 0. The maximum Gasteiger partial charge on any atom is 0.253 e. The predicted octanol–water partition coefficient (Wildman–Crippen LogP) is 1.09. The normalized spacial score (nSPS) is 24.4. The number of morpholine rings is 1. The number of rotatable bonds is 3. The number of carbonyl (C=O) groups excluding carboxylic acids is 1. The molecule has 1 aromatic rings. The summed E-state index contributed by atoms with van der Waals surface area (Å²) >= 11 is 0. The summed E-state index contributed by atoms with van der Waals surface area (Å²) in [6.07, 6.45) is 0.484. The molecule has 6 heteroatoms. The molecule has 0 saturated carbocycles. The first-order valence-electron chi connectivity index (χ1n) is 8.20. The zero-order valence-corrected chi connectivity index (χ0v) is 13.1. The third-order valence-electron chi connectivity index (χ3n) is 4.71. The fourth-order valence-corrected chi connectivity index (χ4v) is 3.30. The topological polar surface area (TPSA) is 61.8 Å². The molecule has 2 atom stereocenters. The van der Waals surface area contributed by atoms with Gasteiger partial charge in [-0.2, -0.15) is 0 Å². The minimum absolute atomic E-state index is 0.0342. The van der Waals surface area contributed by atoms with Crippen molar-refractivity contribution >= 4 is 5.91 Å². The quantitative estimate of drug-likeness (QED) is 0.874. The lowest BCUT2D eigenvalue weighted by atomic mass is 9.87. The van der Waals surface area contributed by atoms with Crippen LogP contribution in [0.4, 0.5) is 4.39 Å². The fourth-order valence-electron chi connectivity index (χ4n) is 3.30. The van der Waals surface area contributed by atoms with Crippen LogP contribution in [0.15, 0.2) is 24.3 Å². The Morgan fingerprint density at radius 3 is 2.61 bits per heavy atom. The van der Waals surface area contributed by atoms with Gasteiger partial charge in [-0.1, -0.05) is 12.1 Å². The summed E-state index contributed by atoms with van der Waals surface area (Å²) in [6, 6.07) is 5.98. The number of hydrogen-bond acceptors (Lipinski definition) is 4. The highest BCUT2D eigenvalue weighted by Gasteiger charge is 2.32. The van der Waals surface area contributed by atoms with E-state index in [-0.39, 0.29) is 23.7 Å². The van der Waals surface area contributed by atoms with E-state index in [4.69, 9.17) is 4.74 Å². The van der Waals surface area contributed by atoms with E-state index in [1.165, 1.54) is 12.1 Å². The molecule has 126 valence electrons. The molecule has 0 aliphatic carbocycles. The number of aliphatic hydroxyl groups is 1. The number of ether oxygens (including phenoxy) is 1. The molecule has 2 saturated heterocycles. The van der Waals surface area contributed by atoms with Crippen LogP contribution in [-0.2, 0) is 9.53 Å². The minimum atomic E-state index is -0.611. The first-order valence-corrected chi connectivity index (χ1v) is 8.20. The van der Waals surface area contributed by atoms with Crippen LogP contribution < -0.4 is 5.32 Å². The average Bonchev–Trinajstić information content (AvgIpc) is 2.62. The van der Waals surface area contributed by atoms with Gasteiger partial charge in [-0.25, -0.2) is 4.39 Å². The van der Waals surface area contributed by atoms with E-state index in [2.05, 4.69) is 5.32 Å². The number of benzene rings is 1. The van der Waals surface area contributed by atoms with Crippen LogP contribution in [0, 0.1) is 11.7 Å². The van der Waals surface area contributed by atoms with Crippen LogP contribution in [0.3, 0.4) is 0 Å². The van der Waals surface area contributed by atoms with Crippen molar-refractivity contribution in [3.63, 3.8) is 0 Å². The van der Waals surface area contributed by atoms with E-state index in [0.717, 1.165) is 24.9 Å². The summed E-state index contributed by atoms with van der Waals surface area (Å²) < 4.78 is 18.5. The third-order valence-corrected chi connectivity index (χ3v) is 4.71. The molecule has 2 aliphatic heterocycles. The van der Waals surface area contributed by atoms with Gasteiger partial charge in [0, 0.05) is 26.2 Å². The number of carbonyl (C=O) groups is 1. The highest BCUT2D eigenvalue weighted by Crippen LogP contribution is 2.31. The summed E-state index contributed by atoms with van der Waals surface area (Å²) in [5.74, 6) is -0.177. The van der Waals surface area contributed by atoms with Crippen LogP contribution in [-0.4, -0.2) is 54.8 Å². The number of aliphatic hydroxyl groups excluding tert-OH is 1. The second-order valence-electron chi connectivity index (χ2n) is 6.22. The van der Waals surface area contributed by atoms with Crippen molar-refractivity contribution in [2.45, 2.75) is 25.0 Å². The Balaban J connectivity index is 1.53. The zero-order chi connectivity index (χ0) is 16.2. The summed E-state index contributed by atoms with van der Waals surface area (Å²) in [5, 5.41) is 13.6. The molecule has 2 heterocycles. The average molecular weight is 322 g/mol. The Bertz CT molecular complexity index is 523. The fraction of sp³-hybridized carbons (Fsp3) is 0.588. The van der Waals surface area contributed by atoms with Crippen molar-refractivity contribution in [2.24, 2.45) is 5.92 Å². The van der Waals surface area contributed by atoms with Gasteiger partial charge in [0.25, 0.3) is 5.91 Å². The standard InChI is InChI=1S/C17H23FN2O3/c18-14-3-1-12(2-4-14)16(21)13-5-8-20(9-6-13)17(22)15-11-19-7-10-23-15/h1-4,13,15-16,19,21H,5-11H2. The number of nitrogens with zero attached hydrogens (tertiary/aromatic N) is 1. The molecule has 1 aromatic carbocycles. The van der Waals surface area contributed by atoms with Gasteiger partial charge in [0.05, 0.1) is 12.7 Å². The number of amides is 1. The predicted molar refractivity (Wildman–Crippen MR) is 83.3 cm³/mol. The van der Waals surface area contributed by atoms with Gasteiger partial charge in [-0.3, -0.25) is 4.79 Å². The first kappa shape index (κ1) is 16.4. The minimum Gasteiger partial charge on any atom is -0.388 e. The molecule has 23 heavy (non-hydrogen) atoms. The van der Waals surface area contributed by atoms with E-state index in [0.29, 0.717) is 26.2 Å². The molecule has 0 aromatic heterocycles. The maximum atomic E-state index is 13.0. The first-order chi connectivity index (χ1) is 11.1. The number of hydrogen-bond donors (Lipinski definition) is 2. The van der Waals surface area contributed by atoms with Crippen molar-refractivity contribution in [2.75, 3.05) is 32.8 Å². The molecule has 0 bridgehead atoms. The van der Waals surface area contributed by atoms with Crippen molar-refractivity contribution in [1.82, 2.24) is 10.2 Å². The lowest BCUT2D eigenvalue weighted by Crippen LogP contribution is -2.51. The van der Waals surface area contributed by atoms with Gasteiger partial charge < -0.3 is 20.1 Å². The lowest BCUT2D eigenvalue weighted by Gasteiger charge is -2.36. The number of halogens is 1. The van der Waals surface area contributed by atoms with Crippen LogP contribution >= 0.6 is 0 Å². The molecule has 2 N–H and O–H groups in total. The second kappa shape index (κ2) is 7.38. The number of nitrogens with one attached hydrogen (secondary N) is 1. The lowest BCUT2D eigenvalue weighted by molar-refractivity contribution is -0.147. The molecule has 2 unspecified atom stereocenters. The van der Waals surface area contributed by atoms with Gasteiger partial charge in [-0.15, -0.1) is 0 Å². The summed E-state index contributed by atoms with van der Waals surface area (Å²) in [6.45, 7) is 3.17. The molecule has 2 fully saturated rings. The van der Waals surface area contributed by atoms with Gasteiger partial charge in [0.1, 0.15) is 11.9 Å². The summed E-state index contributed by atoms with van der Waals surface area (Å²) in [4.78, 5) is 14.2. The SMILES string of the molecule is O=C(C1CNCCO1)N1CCC(C(O)c2ccc(F)cc2)CC1. The zero-order valence-electron chi connectivity index (χ0n) is 13.1. The van der Waals surface area contributed by atoms with Crippen molar-refractivity contribution in [3.05, 3.63) is 35.6 Å². The highest BCUT2D eigenvalue weighted by molar-refractivity contribution is 5.81. The van der Waals surface area contributed by atoms with Crippen molar-refractivity contribution in [1.29, 1.82) is 0 Å². The summed E-state index contributed by atoms with van der Waals surface area (Å²) in [5.41, 5.74) is 0.732. The number of piperidine rings is 1. The van der Waals surface area contributed by atoms with Crippen LogP contribution in [0.25, 0.3) is 0 Å². The largest absolute Gasteiger partial charge is 0.388 e. The molecule has 0 radical (unpaired) electrons. The van der Waals surface area contributed by atoms with E-state index >= 15 is 0 Å². The van der Waals surface area contributed by atoms with Gasteiger partial charge in [0.2, 0.25) is 0 Å². The Labute approximate surface area is 135 Å². The van der Waals surface area contributed by atoms with Gasteiger partial charge in [0.15, 0.2) is 0 Å². The van der Waals surface area contributed by atoms with Crippen LogP contribution in [0.1, 0.15) is 24.5 Å². The van der Waals surface area contributed by atoms with E-state index in [1.807, 2.05) is 4.90 Å². The van der Waals surface area contributed by atoms with Gasteiger partial charge in [-0.05, 0) is 36.5 Å². The van der Waals surface area contributed by atoms with Crippen LogP contribution in [0.5, 0.6) is 0 Å². The Hall–Kier alpha value is -1.50. The Morgan fingerprint density at radius 2 is 2.00 bits per heavy atom.